The fraction of sp³-hybridized carbons (Fsp3) is 0. The Morgan fingerprint density at radius 3 is 2.00 bits per heavy atom. The van der Waals surface area contributed by atoms with Crippen LogP contribution in [0.3, 0.4) is 0 Å². The van der Waals surface area contributed by atoms with Gasteiger partial charge in [-0.2, -0.15) is 0 Å². The summed E-state index contributed by atoms with van der Waals surface area (Å²) >= 11 is 0. The van der Waals surface area contributed by atoms with Crippen molar-refractivity contribution in [3.05, 3.63) is 164 Å². The molecule has 7 aromatic carbocycles. The lowest BCUT2D eigenvalue weighted by Crippen LogP contribution is -2.11. The molecule has 2 nitrogen and oxygen atoms in total. The van der Waals surface area contributed by atoms with Crippen LogP contribution < -0.4 is 4.90 Å². The van der Waals surface area contributed by atoms with Crippen LogP contribution in [0, 0.1) is 0 Å². The minimum Gasteiger partial charge on any atom is -0.455 e. The molecule has 0 unspecified atom stereocenters. The quantitative estimate of drug-likeness (QED) is 0.215. The highest BCUT2D eigenvalue weighted by atomic mass is 16.3. The largest absolute Gasteiger partial charge is 0.455 e. The molecule has 1 heterocycles. The van der Waals surface area contributed by atoms with Gasteiger partial charge in [-0.25, -0.2) is 0 Å². The number of furan rings is 1. The molecule has 0 N–H and O–H groups in total. The molecule has 0 fully saturated rings. The Hall–Kier alpha value is -5.60. The van der Waals surface area contributed by atoms with Crippen LogP contribution in [-0.4, -0.2) is 0 Å². The Balaban J connectivity index is 1.42. The van der Waals surface area contributed by atoms with E-state index in [0.29, 0.717) is 5.56 Å². The molecule has 0 aliphatic heterocycles. The molecule has 42 heavy (non-hydrogen) atoms. The Labute approximate surface area is 250 Å². The van der Waals surface area contributed by atoms with Gasteiger partial charge in [-0.05, 0) is 64.5 Å². The van der Waals surface area contributed by atoms with Gasteiger partial charge in [0.2, 0.25) is 0 Å². The summed E-state index contributed by atoms with van der Waals surface area (Å²) in [6.45, 7) is 0. The number of hydrogen-bond acceptors (Lipinski definition) is 2. The molecular weight excluding hydrogens is 510 g/mol. The van der Waals surface area contributed by atoms with Gasteiger partial charge in [0.25, 0.3) is 0 Å². The molecule has 2 heteroatoms. The van der Waals surface area contributed by atoms with E-state index in [1.165, 1.54) is 0 Å². The summed E-state index contributed by atoms with van der Waals surface area (Å²) < 4.78 is 43.2. The van der Waals surface area contributed by atoms with E-state index in [2.05, 4.69) is 30.3 Å². The third-order valence-corrected chi connectivity index (χ3v) is 7.73. The van der Waals surface area contributed by atoms with Crippen LogP contribution in [-0.2, 0) is 0 Å². The summed E-state index contributed by atoms with van der Waals surface area (Å²) in [4.78, 5) is 1.85. The third kappa shape index (κ3) is 4.05. The highest BCUT2D eigenvalue weighted by Gasteiger charge is 2.20. The highest BCUT2D eigenvalue weighted by Crippen LogP contribution is 2.45. The van der Waals surface area contributed by atoms with Crippen molar-refractivity contribution in [2.45, 2.75) is 0 Å². The van der Waals surface area contributed by atoms with Gasteiger partial charge in [0.05, 0.1) is 11.2 Å². The number of hydrogen-bond donors (Lipinski definition) is 0. The number of rotatable bonds is 5. The molecule has 0 atom stereocenters. The monoisotopic (exact) mass is 541 g/mol. The summed E-state index contributed by atoms with van der Waals surface area (Å²) in [5, 5.41) is 4.13. The molecule has 0 aliphatic rings. The topological polar surface area (TPSA) is 16.4 Å². The highest BCUT2D eigenvalue weighted by molar-refractivity contribution is 6.19. The van der Waals surface area contributed by atoms with Gasteiger partial charge >= 0.3 is 0 Å². The number of para-hydroxylation sites is 2. The summed E-state index contributed by atoms with van der Waals surface area (Å²) in [7, 11) is 0. The van der Waals surface area contributed by atoms with Crippen molar-refractivity contribution < 1.29 is 9.90 Å². The Bertz CT molecular complexity index is 2390. The van der Waals surface area contributed by atoms with Crippen molar-refractivity contribution >= 4 is 49.8 Å². The molecule has 1 aromatic heterocycles. The first-order chi connectivity index (χ1) is 22.5. The number of anilines is 3. The molecule has 0 saturated carbocycles. The van der Waals surface area contributed by atoms with Crippen molar-refractivity contribution in [3.63, 3.8) is 0 Å². The molecule has 0 aliphatic carbocycles. The van der Waals surface area contributed by atoms with Gasteiger partial charge in [0, 0.05) is 33.1 Å². The smallest absolute Gasteiger partial charge is 0.143 e. The van der Waals surface area contributed by atoms with Gasteiger partial charge in [-0.3, -0.25) is 0 Å². The van der Waals surface area contributed by atoms with E-state index in [-0.39, 0.29) is 35.4 Å². The predicted octanol–water partition coefficient (Wildman–Crippen LogP) is 11.5. The normalized spacial score (nSPS) is 12.7. The molecule has 0 amide bonds. The molecular formula is C40H27NO. The lowest BCUT2D eigenvalue weighted by Gasteiger charge is -2.28. The van der Waals surface area contributed by atoms with Crippen molar-refractivity contribution in [3.8, 4) is 22.3 Å². The molecule has 8 rings (SSSR count). The second-order valence-electron chi connectivity index (χ2n) is 10.2. The van der Waals surface area contributed by atoms with E-state index >= 15 is 0 Å². The van der Waals surface area contributed by atoms with E-state index in [0.717, 1.165) is 55.2 Å². The maximum Gasteiger partial charge on any atom is 0.143 e. The lowest BCUT2D eigenvalue weighted by molar-refractivity contribution is 0.673. The number of benzene rings is 7. The van der Waals surface area contributed by atoms with E-state index in [1.807, 2.05) is 114 Å². The van der Waals surface area contributed by atoms with Crippen LogP contribution in [0.1, 0.15) is 5.48 Å². The van der Waals surface area contributed by atoms with Crippen LogP contribution in [0.5, 0.6) is 0 Å². The van der Waals surface area contributed by atoms with Gasteiger partial charge in [-0.15, -0.1) is 0 Å². The van der Waals surface area contributed by atoms with Gasteiger partial charge in [0.1, 0.15) is 11.2 Å². The van der Waals surface area contributed by atoms with Crippen LogP contribution in [0.15, 0.2) is 168 Å². The number of nitrogens with zero attached hydrogens (tertiary/aromatic N) is 1. The fourth-order valence-electron chi connectivity index (χ4n) is 5.81. The minimum absolute atomic E-state index is 0.0876. The van der Waals surface area contributed by atoms with Crippen molar-refractivity contribution in [2.24, 2.45) is 0 Å². The molecule has 8 aromatic rings. The van der Waals surface area contributed by atoms with Crippen molar-refractivity contribution in [1.82, 2.24) is 0 Å². The standard InChI is InChI=1S/C40H27NO/c1-3-12-28(13-4-1)29-22-25-32(26-23-29)41(31-15-5-2-6-16-31)37-20-10-9-18-34(37)35-19-11-21-38-39(35)36-27-24-30-14-7-8-17-33(30)40(36)42-38/h1-27H/i22D,23D,25D,26D. The molecule has 198 valence electrons. The number of fused-ring (bicyclic) bond motifs is 5. The van der Waals surface area contributed by atoms with E-state index in [9.17, 15) is 2.74 Å². The fourth-order valence-corrected chi connectivity index (χ4v) is 5.81. The zero-order valence-electron chi connectivity index (χ0n) is 26.6. The molecule has 0 spiro atoms. The van der Waals surface area contributed by atoms with E-state index in [1.54, 1.807) is 0 Å². The maximum absolute atomic E-state index is 9.27. The maximum atomic E-state index is 9.27. The Morgan fingerprint density at radius 1 is 0.476 bits per heavy atom. The zero-order chi connectivity index (χ0) is 31.4. The van der Waals surface area contributed by atoms with Crippen LogP contribution >= 0.6 is 0 Å². The van der Waals surface area contributed by atoms with Crippen LogP contribution in [0.2, 0.25) is 0 Å². The van der Waals surface area contributed by atoms with E-state index < -0.39 is 0 Å². The van der Waals surface area contributed by atoms with Gasteiger partial charge in [-0.1, -0.05) is 121 Å². The zero-order valence-corrected chi connectivity index (χ0v) is 22.6. The minimum atomic E-state index is -0.114. The molecule has 0 radical (unpaired) electrons. The van der Waals surface area contributed by atoms with Crippen LogP contribution in [0.4, 0.5) is 17.1 Å². The Kier molecular flexibility index (Phi) is 4.88. The van der Waals surface area contributed by atoms with Crippen molar-refractivity contribution in [2.75, 3.05) is 4.90 Å². The summed E-state index contributed by atoms with van der Waals surface area (Å²) in [6, 6.07) is 44.7. The Morgan fingerprint density at radius 2 is 1.17 bits per heavy atom. The first-order valence-corrected chi connectivity index (χ1v) is 14.0. The molecule has 0 saturated heterocycles. The average molecular weight is 542 g/mol. The van der Waals surface area contributed by atoms with Crippen molar-refractivity contribution in [1.29, 1.82) is 0 Å². The van der Waals surface area contributed by atoms with Gasteiger partial charge < -0.3 is 9.32 Å². The summed E-state index contributed by atoms with van der Waals surface area (Å²) in [5.74, 6) is 0. The third-order valence-electron chi connectivity index (χ3n) is 7.73. The lowest BCUT2D eigenvalue weighted by atomic mass is 9.96. The second-order valence-corrected chi connectivity index (χ2v) is 10.2. The first kappa shape index (κ1) is 20.3. The van der Waals surface area contributed by atoms with Crippen LogP contribution in [0.25, 0.3) is 55.0 Å². The first-order valence-electron chi connectivity index (χ1n) is 16.0. The SMILES string of the molecule is [2H]c1c([2H])c(N(c2ccccc2)c2ccccc2-c2cccc3oc4c5ccccc5ccc4c23)c([2H])c([2H])c1-c1ccccc1. The van der Waals surface area contributed by atoms with Gasteiger partial charge in [0.15, 0.2) is 0 Å². The summed E-state index contributed by atoms with van der Waals surface area (Å²) in [5.41, 5.74) is 5.96. The summed E-state index contributed by atoms with van der Waals surface area (Å²) in [6.07, 6.45) is 0. The van der Waals surface area contributed by atoms with E-state index in [4.69, 9.17) is 7.16 Å². The predicted molar refractivity (Wildman–Crippen MR) is 177 cm³/mol. The average Bonchev–Trinajstić information content (AvgIpc) is 3.50. The second kappa shape index (κ2) is 10.1. The molecule has 0 bridgehead atoms.